The van der Waals surface area contributed by atoms with E-state index in [1.807, 2.05) is 0 Å². The van der Waals surface area contributed by atoms with Gasteiger partial charge in [-0.15, -0.1) is 0 Å². The molecule has 0 atom stereocenters. The number of rotatable bonds is 2. The molecule has 1 heteroatoms. The van der Waals surface area contributed by atoms with Gasteiger partial charge in [-0.25, -0.2) is 0 Å². The summed E-state index contributed by atoms with van der Waals surface area (Å²) in [5.41, 5.74) is 11.9. The maximum Gasteiger partial charge on any atom is 0.143 e. The summed E-state index contributed by atoms with van der Waals surface area (Å²) in [6.45, 7) is 0. The van der Waals surface area contributed by atoms with Crippen LogP contribution < -0.4 is 0 Å². The normalized spacial score (nSPS) is 12.1. The Morgan fingerprint density at radius 3 is 1.72 bits per heavy atom. The van der Waals surface area contributed by atoms with Crippen molar-refractivity contribution in [1.82, 2.24) is 0 Å². The lowest BCUT2D eigenvalue weighted by Crippen LogP contribution is -1.86. The van der Waals surface area contributed by atoms with Crippen LogP contribution in [0.2, 0.25) is 0 Å². The van der Waals surface area contributed by atoms with Crippen molar-refractivity contribution in [2.45, 2.75) is 0 Å². The molecule has 39 heavy (non-hydrogen) atoms. The Labute approximate surface area is 225 Å². The van der Waals surface area contributed by atoms with Gasteiger partial charge in [0.15, 0.2) is 0 Å². The molecule has 1 nitrogen and oxygen atoms in total. The van der Waals surface area contributed by atoms with Crippen LogP contribution in [-0.4, -0.2) is 0 Å². The van der Waals surface area contributed by atoms with Gasteiger partial charge >= 0.3 is 0 Å². The van der Waals surface area contributed by atoms with Crippen LogP contribution in [0.3, 0.4) is 0 Å². The first-order chi connectivity index (χ1) is 19.4. The fourth-order valence-corrected chi connectivity index (χ4v) is 6.81. The molecule has 0 aliphatic heterocycles. The summed E-state index contributed by atoms with van der Waals surface area (Å²) in [4.78, 5) is 0. The van der Waals surface area contributed by atoms with Crippen molar-refractivity contribution >= 4 is 43.5 Å². The minimum atomic E-state index is 0.918. The van der Waals surface area contributed by atoms with Crippen molar-refractivity contribution in [3.63, 3.8) is 0 Å². The Kier molecular flexibility index (Phi) is 4.11. The average molecular weight is 495 g/mol. The third kappa shape index (κ3) is 2.79. The number of hydrogen-bond donors (Lipinski definition) is 0. The van der Waals surface area contributed by atoms with Crippen molar-refractivity contribution in [1.29, 1.82) is 0 Å². The summed E-state index contributed by atoms with van der Waals surface area (Å²) in [7, 11) is 0. The lowest BCUT2D eigenvalue weighted by molar-refractivity contribution is 0.670. The molecule has 9 rings (SSSR count). The van der Waals surface area contributed by atoms with Gasteiger partial charge in [0.1, 0.15) is 11.2 Å². The molecule has 0 radical (unpaired) electrons. The predicted octanol–water partition coefficient (Wildman–Crippen LogP) is 10.9. The van der Waals surface area contributed by atoms with Crippen molar-refractivity contribution < 1.29 is 4.42 Å². The third-order valence-corrected chi connectivity index (χ3v) is 8.42. The number of para-hydroxylation sites is 1. The zero-order chi connectivity index (χ0) is 25.5. The summed E-state index contributed by atoms with van der Waals surface area (Å²) in [6.07, 6.45) is 0. The van der Waals surface area contributed by atoms with Crippen LogP contribution in [0.4, 0.5) is 0 Å². The highest BCUT2D eigenvalue weighted by Crippen LogP contribution is 2.52. The Bertz CT molecular complexity index is 2270. The quantitative estimate of drug-likeness (QED) is 0.233. The lowest BCUT2D eigenvalue weighted by Gasteiger charge is -2.12. The molecule has 1 aliphatic carbocycles. The van der Waals surface area contributed by atoms with E-state index in [1.54, 1.807) is 0 Å². The second-order valence-electron chi connectivity index (χ2n) is 10.4. The summed E-state index contributed by atoms with van der Waals surface area (Å²) in [5, 5.41) is 7.43. The fraction of sp³-hybridized carbons (Fsp3) is 0. The van der Waals surface area contributed by atoms with Gasteiger partial charge in [-0.3, -0.25) is 0 Å². The van der Waals surface area contributed by atoms with Crippen LogP contribution in [0.25, 0.3) is 88.0 Å². The molecule has 8 aromatic rings. The van der Waals surface area contributed by atoms with E-state index in [0.29, 0.717) is 0 Å². The molecule has 7 aromatic carbocycles. The molecule has 0 fully saturated rings. The molecule has 1 aromatic heterocycles. The van der Waals surface area contributed by atoms with Crippen LogP contribution in [-0.2, 0) is 0 Å². The SMILES string of the molecule is c1cc2c(c(-c3cccc4oc5c(-c6cccc7ccccc67)cccc5c34)c1)-c1cccc3cccc-2c13. The van der Waals surface area contributed by atoms with Crippen LogP contribution in [0.15, 0.2) is 138 Å². The first kappa shape index (κ1) is 20.9. The summed E-state index contributed by atoms with van der Waals surface area (Å²) in [5.74, 6) is 0. The first-order valence-corrected chi connectivity index (χ1v) is 13.4. The highest BCUT2D eigenvalue weighted by atomic mass is 16.3. The van der Waals surface area contributed by atoms with E-state index >= 15 is 0 Å². The Balaban J connectivity index is 1.35. The van der Waals surface area contributed by atoms with Gasteiger partial charge in [0.25, 0.3) is 0 Å². The van der Waals surface area contributed by atoms with Crippen molar-refractivity contribution in [2.24, 2.45) is 0 Å². The van der Waals surface area contributed by atoms with Gasteiger partial charge < -0.3 is 4.42 Å². The van der Waals surface area contributed by atoms with Gasteiger partial charge in [-0.2, -0.15) is 0 Å². The molecule has 1 heterocycles. The largest absolute Gasteiger partial charge is 0.455 e. The van der Waals surface area contributed by atoms with Crippen molar-refractivity contribution in [2.75, 3.05) is 0 Å². The monoisotopic (exact) mass is 494 g/mol. The summed E-state index contributed by atoms with van der Waals surface area (Å²) >= 11 is 0. The first-order valence-electron chi connectivity index (χ1n) is 13.4. The molecule has 0 N–H and O–H groups in total. The molecule has 180 valence electrons. The number of hydrogen-bond acceptors (Lipinski definition) is 1. The van der Waals surface area contributed by atoms with Gasteiger partial charge in [-0.05, 0) is 66.6 Å². The predicted molar refractivity (Wildman–Crippen MR) is 164 cm³/mol. The third-order valence-electron chi connectivity index (χ3n) is 8.42. The minimum absolute atomic E-state index is 0.918. The standard InChI is InChI=1S/C38H22O/c1-2-13-25-23(9-1)10-3-14-26(25)31-19-7-21-33-37-30(18-8-22-34(37)39-38(31)33)29-17-6-16-28-27-15-4-11-24-12-5-20-32(35(24)27)36(28)29/h1-22H. The number of fused-ring (bicyclic) bond motifs is 7. The van der Waals surface area contributed by atoms with Crippen LogP contribution in [0.1, 0.15) is 0 Å². The average Bonchev–Trinajstić information content (AvgIpc) is 3.55. The van der Waals surface area contributed by atoms with E-state index in [0.717, 1.165) is 22.1 Å². The lowest BCUT2D eigenvalue weighted by atomic mass is 9.90. The molecule has 0 unspecified atom stereocenters. The van der Waals surface area contributed by atoms with Gasteiger partial charge in [-0.1, -0.05) is 127 Å². The zero-order valence-corrected chi connectivity index (χ0v) is 21.1. The van der Waals surface area contributed by atoms with E-state index in [4.69, 9.17) is 4.42 Å². The molecular formula is C38H22O. The Morgan fingerprint density at radius 2 is 0.872 bits per heavy atom. The molecule has 1 aliphatic rings. The molecule has 0 amide bonds. The fourth-order valence-electron chi connectivity index (χ4n) is 6.81. The highest BCUT2D eigenvalue weighted by molar-refractivity contribution is 6.22. The zero-order valence-electron chi connectivity index (χ0n) is 21.1. The summed E-state index contributed by atoms with van der Waals surface area (Å²) in [6, 6.07) is 48.1. The van der Waals surface area contributed by atoms with E-state index in [9.17, 15) is 0 Å². The van der Waals surface area contributed by atoms with Crippen LogP contribution >= 0.6 is 0 Å². The van der Waals surface area contributed by atoms with Crippen molar-refractivity contribution in [3.8, 4) is 44.5 Å². The Morgan fingerprint density at radius 1 is 0.333 bits per heavy atom. The van der Waals surface area contributed by atoms with E-state index < -0.39 is 0 Å². The smallest absolute Gasteiger partial charge is 0.143 e. The molecule has 0 saturated heterocycles. The number of benzene rings is 7. The molecule has 0 spiro atoms. The molecule has 0 bridgehead atoms. The van der Waals surface area contributed by atoms with E-state index in [1.165, 1.54) is 65.9 Å². The van der Waals surface area contributed by atoms with E-state index in [-0.39, 0.29) is 0 Å². The van der Waals surface area contributed by atoms with Gasteiger partial charge in [0.2, 0.25) is 0 Å². The van der Waals surface area contributed by atoms with Gasteiger partial charge in [0.05, 0.1) is 0 Å². The van der Waals surface area contributed by atoms with Crippen LogP contribution in [0.5, 0.6) is 0 Å². The van der Waals surface area contributed by atoms with Crippen LogP contribution in [0, 0.1) is 0 Å². The Hall–Kier alpha value is -5.14. The second kappa shape index (κ2) is 7.69. The topological polar surface area (TPSA) is 13.1 Å². The summed E-state index contributed by atoms with van der Waals surface area (Å²) < 4.78 is 6.69. The second-order valence-corrected chi connectivity index (χ2v) is 10.4. The maximum absolute atomic E-state index is 6.69. The minimum Gasteiger partial charge on any atom is -0.455 e. The highest BCUT2D eigenvalue weighted by Gasteiger charge is 2.25. The maximum atomic E-state index is 6.69. The van der Waals surface area contributed by atoms with Crippen molar-refractivity contribution in [3.05, 3.63) is 133 Å². The molecular weight excluding hydrogens is 472 g/mol. The number of furan rings is 1. The van der Waals surface area contributed by atoms with Gasteiger partial charge in [0, 0.05) is 16.3 Å². The molecule has 0 saturated carbocycles. The van der Waals surface area contributed by atoms with E-state index in [2.05, 4.69) is 133 Å².